The van der Waals surface area contributed by atoms with Crippen molar-refractivity contribution in [2.75, 3.05) is 45.9 Å². The van der Waals surface area contributed by atoms with Crippen LogP contribution in [0, 0.1) is 0 Å². The van der Waals surface area contributed by atoms with Crippen LogP contribution in [0.5, 0.6) is 5.75 Å². The predicted molar refractivity (Wildman–Crippen MR) is 106 cm³/mol. The Bertz CT molecular complexity index is 688. The van der Waals surface area contributed by atoms with Gasteiger partial charge in [-0.2, -0.15) is 0 Å². The molecular weight excluding hydrogens is 370 g/mol. The van der Waals surface area contributed by atoms with E-state index in [1.54, 1.807) is 11.3 Å². The van der Waals surface area contributed by atoms with Crippen LogP contribution in [-0.2, 0) is 11.3 Å². The lowest BCUT2D eigenvalue weighted by molar-refractivity contribution is -0.122. The third-order valence-corrected chi connectivity index (χ3v) is 5.56. The predicted octanol–water partition coefficient (Wildman–Crippen LogP) is 2.71. The Balaban J connectivity index is 1.30. The number of nitrogens with zero attached hydrogens (tertiary/aromatic N) is 2. The van der Waals surface area contributed by atoms with Crippen molar-refractivity contribution in [3.05, 3.63) is 51.7 Å². The van der Waals surface area contributed by atoms with Gasteiger partial charge in [0.1, 0.15) is 12.4 Å². The number of thiophene rings is 1. The summed E-state index contributed by atoms with van der Waals surface area (Å²) in [4.78, 5) is 17.8. The van der Waals surface area contributed by atoms with E-state index in [1.165, 1.54) is 4.88 Å². The van der Waals surface area contributed by atoms with Crippen LogP contribution in [0.2, 0.25) is 5.02 Å². The second-order valence-electron chi connectivity index (χ2n) is 6.25. The SMILES string of the molecule is O=C(CN1CCN(CCOc2ccccc2Cl)CC1)NCc1cccs1. The van der Waals surface area contributed by atoms with Gasteiger partial charge in [-0.05, 0) is 23.6 Å². The Kier molecular flexibility index (Phi) is 7.32. The summed E-state index contributed by atoms with van der Waals surface area (Å²) in [6, 6.07) is 11.6. The molecule has 26 heavy (non-hydrogen) atoms. The maximum absolute atomic E-state index is 12.1. The van der Waals surface area contributed by atoms with Crippen LogP contribution in [0.15, 0.2) is 41.8 Å². The van der Waals surface area contributed by atoms with Gasteiger partial charge in [0.15, 0.2) is 0 Å². The van der Waals surface area contributed by atoms with Gasteiger partial charge in [0.2, 0.25) is 5.91 Å². The van der Waals surface area contributed by atoms with Crippen LogP contribution in [0.25, 0.3) is 0 Å². The maximum Gasteiger partial charge on any atom is 0.234 e. The van der Waals surface area contributed by atoms with E-state index in [0.717, 1.165) is 38.5 Å². The third-order valence-electron chi connectivity index (χ3n) is 4.37. The van der Waals surface area contributed by atoms with Crippen molar-refractivity contribution in [1.29, 1.82) is 0 Å². The summed E-state index contributed by atoms with van der Waals surface area (Å²) >= 11 is 7.75. The molecule has 1 amide bonds. The average molecular weight is 394 g/mol. The molecule has 3 rings (SSSR count). The number of nitrogens with one attached hydrogen (secondary N) is 1. The van der Waals surface area contributed by atoms with Gasteiger partial charge >= 0.3 is 0 Å². The largest absolute Gasteiger partial charge is 0.491 e. The quantitative estimate of drug-likeness (QED) is 0.749. The standard InChI is InChI=1S/C19H24ClN3O2S/c20-17-5-1-2-6-18(17)25-12-11-22-7-9-23(10-8-22)15-19(24)21-14-16-4-3-13-26-16/h1-6,13H,7-12,14-15H2,(H,21,24). The van der Waals surface area contributed by atoms with E-state index in [9.17, 15) is 4.79 Å². The molecular formula is C19H24ClN3O2S. The Morgan fingerprint density at radius 3 is 2.62 bits per heavy atom. The molecule has 2 aromatic rings. The zero-order valence-electron chi connectivity index (χ0n) is 14.7. The maximum atomic E-state index is 12.1. The Hall–Kier alpha value is -1.60. The molecule has 0 saturated carbocycles. The molecule has 1 fully saturated rings. The first-order valence-electron chi connectivity index (χ1n) is 8.82. The second-order valence-corrected chi connectivity index (χ2v) is 7.69. The normalized spacial score (nSPS) is 15.7. The molecule has 0 bridgehead atoms. The first kappa shape index (κ1) is 19.2. The molecule has 0 radical (unpaired) electrons. The summed E-state index contributed by atoms with van der Waals surface area (Å²) in [6.07, 6.45) is 0. The number of rotatable bonds is 8. The average Bonchev–Trinajstić information content (AvgIpc) is 3.17. The molecule has 1 aliphatic rings. The first-order valence-corrected chi connectivity index (χ1v) is 10.1. The highest BCUT2D eigenvalue weighted by Crippen LogP contribution is 2.22. The molecule has 2 heterocycles. The zero-order valence-corrected chi connectivity index (χ0v) is 16.3. The van der Waals surface area contributed by atoms with Gasteiger partial charge in [-0.15, -0.1) is 11.3 Å². The van der Waals surface area contributed by atoms with Crippen molar-refractivity contribution in [3.8, 4) is 5.75 Å². The highest BCUT2D eigenvalue weighted by molar-refractivity contribution is 7.09. The van der Waals surface area contributed by atoms with Crippen LogP contribution in [-0.4, -0.2) is 61.6 Å². The van der Waals surface area contributed by atoms with Crippen LogP contribution < -0.4 is 10.1 Å². The van der Waals surface area contributed by atoms with Gasteiger partial charge in [-0.3, -0.25) is 14.6 Å². The third kappa shape index (κ3) is 5.99. The molecule has 7 heteroatoms. The Labute approximate surface area is 163 Å². The number of hydrogen-bond donors (Lipinski definition) is 1. The van der Waals surface area contributed by atoms with Crippen molar-refractivity contribution in [2.45, 2.75) is 6.54 Å². The van der Waals surface area contributed by atoms with E-state index in [2.05, 4.69) is 15.1 Å². The number of carbonyl (C=O) groups excluding carboxylic acids is 1. The molecule has 0 atom stereocenters. The number of piperazine rings is 1. The van der Waals surface area contributed by atoms with E-state index in [1.807, 2.05) is 41.8 Å². The Morgan fingerprint density at radius 1 is 1.12 bits per heavy atom. The lowest BCUT2D eigenvalue weighted by Gasteiger charge is -2.34. The minimum absolute atomic E-state index is 0.0916. The minimum Gasteiger partial charge on any atom is -0.491 e. The molecule has 5 nitrogen and oxygen atoms in total. The van der Waals surface area contributed by atoms with Gasteiger partial charge in [-0.1, -0.05) is 29.8 Å². The topological polar surface area (TPSA) is 44.8 Å². The van der Waals surface area contributed by atoms with Gasteiger partial charge in [0.25, 0.3) is 0 Å². The molecule has 0 aliphatic carbocycles. The van der Waals surface area contributed by atoms with E-state index < -0.39 is 0 Å². The van der Waals surface area contributed by atoms with Crippen LogP contribution >= 0.6 is 22.9 Å². The number of amides is 1. The number of halogens is 1. The summed E-state index contributed by atoms with van der Waals surface area (Å²) in [5, 5.41) is 5.65. The molecule has 0 spiro atoms. The molecule has 1 aromatic heterocycles. The highest BCUT2D eigenvalue weighted by atomic mass is 35.5. The van der Waals surface area contributed by atoms with Crippen LogP contribution in [0.3, 0.4) is 0 Å². The fraction of sp³-hybridized carbons (Fsp3) is 0.421. The van der Waals surface area contributed by atoms with Crippen molar-refractivity contribution < 1.29 is 9.53 Å². The van der Waals surface area contributed by atoms with E-state index in [-0.39, 0.29) is 5.91 Å². The molecule has 0 unspecified atom stereocenters. The van der Waals surface area contributed by atoms with Crippen molar-refractivity contribution in [3.63, 3.8) is 0 Å². The monoisotopic (exact) mass is 393 g/mol. The van der Waals surface area contributed by atoms with Crippen molar-refractivity contribution in [2.24, 2.45) is 0 Å². The smallest absolute Gasteiger partial charge is 0.234 e. The molecule has 1 saturated heterocycles. The van der Waals surface area contributed by atoms with Crippen LogP contribution in [0.4, 0.5) is 0 Å². The molecule has 1 N–H and O–H groups in total. The molecule has 1 aromatic carbocycles. The lowest BCUT2D eigenvalue weighted by atomic mass is 10.3. The van der Waals surface area contributed by atoms with Gasteiger partial charge in [0.05, 0.1) is 18.1 Å². The lowest BCUT2D eigenvalue weighted by Crippen LogP contribution is -2.50. The summed E-state index contributed by atoms with van der Waals surface area (Å²) in [6.45, 7) is 6.27. The molecule has 140 valence electrons. The van der Waals surface area contributed by atoms with E-state index in [0.29, 0.717) is 24.7 Å². The number of carbonyl (C=O) groups is 1. The Morgan fingerprint density at radius 2 is 1.88 bits per heavy atom. The second kappa shape index (κ2) is 9.92. The fourth-order valence-corrected chi connectivity index (χ4v) is 3.71. The summed E-state index contributed by atoms with van der Waals surface area (Å²) in [5.74, 6) is 0.823. The summed E-state index contributed by atoms with van der Waals surface area (Å²) < 4.78 is 5.75. The van der Waals surface area contributed by atoms with Crippen molar-refractivity contribution in [1.82, 2.24) is 15.1 Å². The van der Waals surface area contributed by atoms with Crippen LogP contribution in [0.1, 0.15) is 4.88 Å². The number of benzene rings is 1. The number of hydrogen-bond acceptors (Lipinski definition) is 5. The zero-order chi connectivity index (χ0) is 18.2. The summed E-state index contributed by atoms with van der Waals surface area (Å²) in [7, 11) is 0. The van der Waals surface area contributed by atoms with E-state index >= 15 is 0 Å². The van der Waals surface area contributed by atoms with Gasteiger partial charge in [-0.25, -0.2) is 0 Å². The first-order chi connectivity index (χ1) is 12.7. The fourth-order valence-electron chi connectivity index (χ4n) is 2.88. The number of para-hydroxylation sites is 1. The van der Waals surface area contributed by atoms with E-state index in [4.69, 9.17) is 16.3 Å². The number of ether oxygens (including phenoxy) is 1. The van der Waals surface area contributed by atoms with Gasteiger partial charge < -0.3 is 10.1 Å². The van der Waals surface area contributed by atoms with Crippen molar-refractivity contribution >= 4 is 28.8 Å². The minimum atomic E-state index is 0.0916. The summed E-state index contributed by atoms with van der Waals surface area (Å²) in [5.41, 5.74) is 0. The van der Waals surface area contributed by atoms with Gasteiger partial charge in [0, 0.05) is 37.6 Å². The molecule has 1 aliphatic heterocycles. The highest BCUT2D eigenvalue weighted by Gasteiger charge is 2.18.